The molecule has 1 aromatic heterocycles. The number of para-hydroxylation sites is 1. The molecule has 1 aliphatic heterocycles. The molecule has 0 amide bonds. The Balaban J connectivity index is 1.58. The van der Waals surface area contributed by atoms with Crippen molar-refractivity contribution in [1.82, 2.24) is 10.1 Å². The summed E-state index contributed by atoms with van der Waals surface area (Å²) in [5, 5.41) is 4.07. The van der Waals surface area contributed by atoms with Crippen LogP contribution in [-0.4, -0.2) is 10.1 Å². The maximum Gasteiger partial charge on any atom is 0.246 e. The average Bonchev–Trinajstić information content (AvgIpc) is 3.04. The van der Waals surface area contributed by atoms with Crippen molar-refractivity contribution in [2.75, 3.05) is 0 Å². The van der Waals surface area contributed by atoms with E-state index >= 15 is 0 Å². The minimum Gasteiger partial charge on any atom is -0.482 e. The van der Waals surface area contributed by atoms with Gasteiger partial charge in [0.05, 0.1) is 5.54 Å². The van der Waals surface area contributed by atoms with E-state index in [0.717, 1.165) is 25.0 Å². The second kappa shape index (κ2) is 4.06. The minimum absolute atomic E-state index is 0.167. The number of hydrogen-bond donors (Lipinski definition) is 1. The van der Waals surface area contributed by atoms with Gasteiger partial charge in [-0.1, -0.05) is 23.4 Å². The van der Waals surface area contributed by atoms with E-state index in [1.54, 1.807) is 0 Å². The van der Waals surface area contributed by atoms with Gasteiger partial charge in [0, 0.05) is 6.42 Å². The van der Waals surface area contributed by atoms with Crippen LogP contribution in [0.4, 0.5) is 0 Å². The Bertz CT molecular complexity index is 621. The largest absolute Gasteiger partial charge is 0.482 e. The third kappa shape index (κ3) is 1.81. The Hall–Kier alpha value is -1.88. The Kier molecular flexibility index (Phi) is 2.41. The van der Waals surface area contributed by atoms with Crippen LogP contribution < -0.4 is 10.5 Å². The van der Waals surface area contributed by atoms with Crippen molar-refractivity contribution in [3.8, 4) is 5.75 Å². The average molecular weight is 271 g/mol. The third-order valence-electron chi connectivity index (χ3n) is 4.26. The van der Waals surface area contributed by atoms with Crippen molar-refractivity contribution in [3.05, 3.63) is 41.5 Å². The molecule has 5 heteroatoms. The van der Waals surface area contributed by atoms with Crippen molar-refractivity contribution < 1.29 is 9.26 Å². The van der Waals surface area contributed by atoms with Gasteiger partial charge in [0.1, 0.15) is 5.75 Å². The number of fused-ring (bicyclic) bond motifs is 1. The summed E-state index contributed by atoms with van der Waals surface area (Å²) in [6.45, 7) is 1.96. The van der Waals surface area contributed by atoms with Crippen molar-refractivity contribution in [1.29, 1.82) is 0 Å². The van der Waals surface area contributed by atoms with E-state index in [-0.39, 0.29) is 6.10 Å². The normalized spacial score (nSPS) is 24.0. The van der Waals surface area contributed by atoms with Crippen molar-refractivity contribution in [2.45, 2.75) is 37.8 Å². The van der Waals surface area contributed by atoms with E-state index in [1.807, 2.05) is 25.1 Å². The summed E-state index contributed by atoms with van der Waals surface area (Å²) in [6, 6.07) is 8.00. The van der Waals surface area contributed by atoms with Gasteiger partial charge >= 0.3 is 0 Å². The number of aromatic nitrogens is 2. The standard InChI is InChI=1S/C15H17N3O2/c1-15(16,10-6-7-10)14-17-13(18-20-14)12-8-9-4-2-3-5-11(9)19-12/h2-5,10,12H,6-8,16H2,1H3. The van der Waals surface area contributed by atoms with Gasteiger partial charge in [-0.3, -0.25) is 0 Å². The molecule has 1 saturated carbocycles. The van der Waals surface area contributed by atoms with Gasteiger partial charge in [-0.2, -0.15) is 4.98 Å². The zero-order chi connectivity index (χ0) is 13.7. The summed E-state index contributed by atoms with van der Waals surface area (Å²) < 4.78 is 11.2. The van der Waals surface area contributed by atoms with Crippen LogP contribution in [0.15, 0.2) is 28.8 Å². The number of nitrogens with two attached hydrogens (primary N) is 1. The van der Waals surface area contributed by atoms with E-state index in [4.69, 9.17) is 15.0 Å². The molecule has 1 aromatic carbocycles. The lowest BCUT2D eigenvalue weighted by Gasteiger charge is -2.18. The molecule has 5 nitrogen and oxygen atoms in total. The lowest BCUT2D eigenvalue weighted by atomic mass is 9.97. The van der Waals surface area contributed by atoms with Crippen LogP contribution in [0, 0.1) is 5.92 Å². The van der Waals surface area contributed by atoms with Crippen LogP contribution >= 0.6 is 0 Å². The van der Waals surface area contributed by atoms with E-state index in [0.29, 0.717) is 17.6 Å². The topological polar surface area (TPSA) is 74.2 Å². The smallest absolute Gasteiger partial charge is 0.246 e. The number of ether oxygens (including phenoxy) is 1. The number of nitrogens with zero attached hydrogens (tertiary/aromatic N) is 2. The molecule has 2 aromatic rings. The number of benzene rings is 1. The van der Waals surface area contributed by atoms with Crippen molar-refractivity contribution in [3.63, 3.8) is 0 Å². The van der Waals surface area contributed by atoms with Crippen LogP contribution in [-0.2, 0) is 12.0 Å². The summed E-state index contributed by atoms with van der Waals surface area (Å²) in [5.74, 6) is 2.47. The first-order valence-corrected chi connectivity index (χ1v) is 7.02. The fourth-order valence-corrected chi connectivity index (χ4v) is 2.77. The molecule has 2 heterocycles. The molecule has 0 radical (unpaired) electrons. The van der Waals surface area contributed by atoms with Gasteiger partial charge in [-0.05, 0) is 37.3 Å². The minimum atomic E-state index is -0.517. The van der Waals surface area contributed by atoms with E-state index in [1.165, 1.54) is 5.56 Å². The highest BCUT2D eigenvalue weighted by Gasteiger charge is 2.44. The van der Waals surface area contributed by atoms with Crippen LogP contribution in [0.1, 0.15) is 43.1 Å². The van der Waals surface area contributed by atoms with Gasteiger partial charge in [-0.15, -0.1) is 0 Å². The molecule has 0 saturated heterocycles. The second-order valence-electron chi connectivity index (χ2n) is 5.93. The first-order valence-electron chi connectivity index (χ1n) is 7.02. The highest BCUT2D eigenvalue weighted by molar-refractivity contribution is 5.38. The molecule has 1 aliphatic carbocycles. The number of hydrogen-bond acceptors (Lipinski definition) is 5. The quantitative estimate of drug-likeness (QED) is 0.927. The molecule has 0 bridgehead atoms. The summed E-state index contributed by atoms with van der Waals surface area (Å²) in [7, 11) is 0. The fourth-order valence-electron chi connectivity index (χ4n) is 2.77. The summed E-state index contributed by atoms with van der Waals surface area (Å²) in [5.41, 5.74) is 6.97. The maximum atomic E-state index is 6.30. The fraction of sp³-hybridized carbons (Fsp3) is 0.467. The molecule has 2 atom stereocenters. The Morgan fingerprint density at radius 2 is 2.10 bits per heavy atom. The zero-order valence-corrected chi connectivity index (χ0v) is 11.4. The lowest BCUT2D eigenvalue weighted by molar-refractivity contribution is 0.219. The van der Waals surface area contributed by atoms with Crippen LogP contribution in [0.3, 0.4) is 0 Å². The maximum absolute atomic E-state index is 6.30. The summed E-state index contributed by atoms with van der Waals surface area (Å²) in [4.78, 5) is 4.48. The molecular weight excluding hydrogens is 254 g/mol. The van der Waals surface area contributed by atoms with E-state index in [2.05, 4.69) is 16.2 Å². The predicted molar refractivity (Wildman–Crippen MR) is 72.1 cm³/mol. The highest BCUT2D eigenvalue weighted by Crippen LogP contribution is 2.43. The molecule has 2 N–H and O–H groups in total. The molecule has 0 spiro atoms. The Morgan fingerprint density at radius 1 is 1.30 bits per heavy atom. The molecule has 1 fully saturated rings. The Morgan fingerprint density at radius 3 is 2.85 bits per heavy atom. The van der Waals surface area contributed by atoms with E-state index < -0.39 is 5.54 Å². The van der Waals surface area contributed by atoms with Crippen LogP contribution in [0.25, 0.3) is 0 Å². The first kappa shape index (κ1) is 11.9. The molecule has 2 aliphatic rings. The van der Waals surface area contributed by atoms with Crippen LogP contribution in [0.5, 0.6) is 5.75 Å². The van der Waals surface area contributed by atoms with Gasteiger partial charge in [0.2, 0.25) is 11.7 Å². The predicted octanol–water partition coefficient (Wildman–Crippen LogP) is 2.33. The molecule has 20 heavy (non-hydrogen) atoms. The zero-order valence-electron chi connectivity index (χ0n) is 11.4. The SMILES string of the molecule is CC(N)(c1nc(C2Cc3ccccc3O2)no1)C1CC1. The molecule has 104 valence electrons. The lowest BCUT2D eigenvalue weighted by Crippen LogP contribution is -2.35. The highest BCUT2D eigenvalue weighted by atomic mass is 16.5. The third-order valence-corrected chi connectivity index (χ3v) is 4.26. The Labute approximate surface area is 117 Å². The second-order valence-corrected chi connectivity index (χ2v) is 5.93. The summed E-state index contributed by atoms with van der Waals surface area (Å²) >= 11 is 0. The van der Waals surface area contributed by atoms with Crippen molar-refractivity contribution in [2.24, 2.45) is 11.7 Å². The van der Waals surface area contributed by atoms with Gasteiger partial charge in [0.25, 0.3) is 0 Å². The molecule has 4 rings (SSSR count). The van der Waals surface area contributed by atoms with E-state index in [9.17, 15) is 0 Å². The number of rotatable bonds is 3. The summed E-state index contributed by atoms with van der Waals surface area (Å²) in [6.07, 6.45) is 2.88. The monoisotopic (exact) mass is 271 g/mol. The van der Waals surface area contributed by atoms with Crippen LogP contribution in [0.2, 0.25) is 0 Å². The van der Waals surface area contributed by atoms with Gasteiger partial charge in [0.15, 0.2) is 6.10 Å². The van der Waals surface area contributed by atoms with Gasteiger partial charge in [-0.25, -0.2) is 0 Å². The molecule has 2 unspecified atom stereocenters. The molecular formula is C15H17N3O2. The first-order chi connectivity index (χ1) is 9.64. The van der Waals surface area contributed by atoms with Crippen molar-refractivity contribution >= 4 is 0 Å². The van der Waals surface area contributed by atoms with Gasteiger partial charge < -0.3 is 15.0 Å².